The molecule has 2 aromatic carbocycles. The average molecular weight is 410 g/mol. The number of benzene rings is 2. The smallest absolute Gasteiger partial charge is 0.264 e. The average Bonchev–Trinajstić information content (AvgIpc) is 2.68. The van der Waals surface area contributed by atoms with E-state index in [0.717, 1.165) is 0 Å². The highest BCUT2D eigenvalue weighted by Gasteiger charge is 2.18. The van der Waals surface area contributed by atoms with Gasteiger partial charge >= 0.3 is 20.2 Å². The molecule has 0 radical (unpaired) electrons. The van der Waals surface area contributed by atoms with Crippen molar-refractivity contribution in [1.29, 1.82) is 0 Å². The second-order valence-electron chi connectivity index (χ2n) is 5.25. The summed E-state index contributed by atoms with van der Waals surface area (Å²) in [5.74, 6) is 0. The Labute approximate surface area is 158 Å². The van der Waals surface area contributed by atoms with Gasteiger partial charge in [-0.25, -0.2) is 0 Å². The summed E-state index contributed by atoms with van der Waals surface area (Å²) < 4.78 is 57.6. The first-order chi connectivity index (χ1) is 12.8. The normalized spacial score (nSPS) is 13.3. The van der Waals surface area contributed by atoms with Crippen LogP contribution in [0, 0.1) is 0 Å². The molecule has 0 spiro atoms. The Hall–Kier alpha value is -2.72. The van der Waals surface area contributed by atoms with Crippen LogP contribution in [0.4, 0.5) is 0 Å². The van der Waals surface area contributed by atoms with Gasteiger partial charge in [0.2, 0.25) is 0 Å². The maximum absolute atomic E-state index is 12.1. The van der Waals surface area contributed by atoms with Gasteiger partial charge in [0.05, 0.1) is 0 Å². The molecule has 2 aromatic rings. The van der Waals surface area contributed by atoms with E-state index in [2.05, 4.69) is 18.9 Å². The molecule has 0 aliphatic rings. The molecule has 0 heterocycles. The van der Waals surface area contributed by atoms with Crippen LogP contribution >= 0.6 is 0 Å². The fourth-order valence-electron chi connectivity index (χ4n) is 1.90. The summed E-state index contributed by atoms with van der Waals surface area (Å²) in [5, 5.41) is 7.13. The highest BCUT2D eigenvalue weighted by atomic mass is 32.2. The molecular formula is C17H18N2O6S2. The summed E-state index contributed by atoms with van der Waals surface area (Å²) in [6, 6.07) is 15.0. The van der Waals surface area contributed by atoms with Crippen LogP contribution in [0.5, 0.6) is 0 Å². The van der Waals surface area contributed by atoms with E-state index in [-0.39, 0.29) is 27.6 Å². The first-order valence-electron chi connectivity index (χ1n) is 7.85. The zero-order chi connectivity index (χ0) is 19.9. The first kappa shape index (κ1) is 20.6. The molecule has 0 aliphatic carbocycles. The van der Waals surface area contributed by atoms with Gasteiger partial charge in [0.15, 0.2) is 0 Å². The molecule has 2 rings (SSSR count). The second-order valence-corrected chi connectivity index (χ2v) is 8.31. The minimum atomic E-state index is -4.09. The molecule has 144 valence electrons. The summed E-state index contributed by atoms with van der Waals surface area (Å²) in [4.78, 5) is -0.110. The molecule has 0 unspecified atom stereocenters. The van der Waals surface area contributed by atoms with Gasteiger partial charge in [-0.15, -0.1) is 0 Å². The Morgan fingerprint density at radius 2 is 1.19 bits per heavy atom. The lowest BCUT2D eigenvalue weighted by Crippen LogP contribution is -2.14. The third-order valence-electron chi connectivity index (χ3n) is 3.33. The summed E-state index contributed by atoms with van der Waals surface area (Å²) in [6.45, 7) is 3.11. The van der Waals surface area contributed by atoms with Crippen molar-refractivity contribution in [2.45, 2.75) is 30.1 Å². The maximum atomic E-state index is 12.1. The highest BCUT2D eigenvalue weighted by Crippen LogP contribution is 2.13. The summed E-state index contributed by atoms with van der Waals surface area (Å²) in [7, 11) is -8.17. The molecule has 0 bridgehead atoms. The monoisotopic (exact) mass is 410 g/mol. The van der Waals surface area contributed by atoms with E-state index in [1.54, 1.807) is 43.3 Å². The second kappa shape index (κ2) is 8.78. The van der Waals surface area contributed by atoms with Gasteiger partial charge in [0.1, 0.15) is 21.2 Å². The van der Waals surface area contributed by atoms with E-state index in [4.69, 9.17) is 0 Å². The van der Waals surface area contributed by atoms with Gasteiger partial charge in [-0.05, 0) is 37.6 Å². The van der Waals surface area contributed by atoms with Crippen LogP contribution in [-0.4, -0.2) is 28.3 Å². The quantitative estimate of drug-likeness (QED) is 0.489. The van der Waals surface area contributed by atoms with Gasteiger partial charge < -0.3 is 0 Å². The minimum Gasteiger partial charge on any atom is -0.264 e. The Bertz CT molecular complexity index is 1030. The fraction of sp³-hybridized carbons (Fsp3) is 0.176. The van der Waals surface area contributed by atoms with E-state index in [0.29, 0.717) is 0 Å². The predicted octanol–water partition coefficient (Wildman–Crippen LogP) is 2.94. The van der Waals surface area contributed by atoms with Crippen molar-refractivity contribution in [2.24, 2.45) is 10.3 Å². The molecule has 0 fully saturated rings. The zero-order valence-corrected chi connectivity index (χ0v) is 16.3. The van der Waals surface area contributed by atoms with Crippen molar-refractivity contribution in [3.05, 3.63) is 60.7 Å². The fourth-order valence-corrected chi connectivity index (χ4v) is 3.45. The largest absolute Gasteiger partial charge is 0.358 e. The van der Waals surface area contributed by atoms with Crippen molar-refractivity contribution in [3.63, 3.8) is 0 Å². The third kappa shape index (κ3) is 5.63. The first-order valence-corrected chi connectivity index (χ1v) is 10.7. The molecule has 0 atom stereocenters. The number of nitrogens with zero attached hydrogens (tertiary/aromatic N) is 2. The number of oxime groups is 2. The summed E-state index contributed by atoms with van der Waals surface area (Å²) in [5.41, 5.74) is 0.193. The van der Waals surface area contributed by atoms with Crippen LogP contribution in [0.1, 0.15) is 20.3 Å². The van der Waals surface area contributed by atoms with Crippen LogP contribution in [0.2, 0.25) is 0 Å². The lowest BCUT2D eigenvalue weighted by molar-refractivity contribution is 0.333. The third-order valence-corrected chi connectivity index (χ3v) is 5.57. The Morgan fingerprint density at radius 3 is 1.59 bits per heavy atom. The van der Waals surface area contributed by atoms with Crippen molar-refractivity contribution >= 4 is 31.7 Å². The molecule has 0 amide bonds. The van der Waals surface area contributed by atoms with E-state index < -0.39 is 20.2 Å². The van der Waals surface area contributed by atoms with Crippen LogP contribution in [-0.2, 0) is 28.8 Å². The number of hydrogen-bond donors (Lipinski definition) is 0. The molecule has 10 heteroatoms. The van der Waals surface area contributed by atoms with Crippen LogP contribution in [0.15, 0.2) is 80.8 Å². The molecule has 0 saturated carbocycles. The lowest BCUT2D eigenvalue weighted by Gasteiger charge is -2.05. The van der Waals surface area contributed by atoms with Gasteiger partial charge in [0, 0.05) is 0 Å². The van der Waals surface area contributed by atoms with E-state index in [9.17, 15) is 16.8 Å². The van der Waals surface area contributed by atoms with Gasteiger partial charge in [0.25, 0.3) is 0 Å². The van der Waals surface area contributed by atoms with Crippen molar-refractivity contribution in [2.75, 3.05) is 0 Å². The molecule has 0 aromatic heterocycles. The molecule has 0 aliphatic heterocycles. The van der Waals surface area contributed by atoms with Crippen LogP contribution < -0.4 is 0 Å². The number of hydrogen-bond acceptors (Lipinski definition) is 8. The van der Waals surface area contributed by atoms with Crippen molar-refractivity contribution in [3.8, 4) is 0 Å². The molecule has 0 saturated heterocycles. The molecule has 0 N–H and O–H groups in total. The lowest BCUT2D eigenvalue weighted by atomic mass is 10.2. The standard InChI is InChI=1S/C17H18N2O6S2/c1-3-17(19-25-27(22,23)16-12-8-5-9-13-16)14(2)18-24-26(20,21)15-10-6-4-7-11-15/h4-13H,3H2,1-2H3. The van der Waals surface area contributed by atoms with Crippen LogP contribution in [0.25, 0.3) is 0 Å². The topological polar surface area (TPSA) is 111 Å². The maximum Gasteiger partial charge on any atom is 0.358 e. The van der Waals surface area contributed by atoms with E-state index in [1.807, 2.05) is 0 Å². The molecule has 27 heavy (non-hydrogen) atoms. The minimum absolute atomic E-state index is 0.0540. The Morgan fingerprint density at radius 1 is 0.778 bits per heavy atom. The van der Waals surface area contributed by atoms with Crippen molar-refractivity contribution in [1.82, 2.24) is 0 Å². The zero-order valence-electron chi connectivity index (χ0n) is 14.6. The van der Waals surface area contributed by atoms with Crippen molar-refractivity contribution < 1.29 is 25.4 Å². The SMILES string of the molecule is CCC(=NOS(=O)(=O)c1ccccc1)C(C)=NOS(=O)(=O)c1ccccc1. The summed E-state index contributed by atoms with van der Waals surface area (Å²) in [6.07, 6.45) is 0.244. The van der Waals surface area contributed by atoms with Gasteiger partial charge in [-0.2, -0.15) is 16.8 Å². The highest BCUT2D eigenvalue weighted by molar-refractivity contribution is 7.87. The van der Waals surface area contributed by atoms with Gasteiger partial charge in [-0.1, -0.05) is 53.6 Å². The van der Waals surface area contributed by atoms with Crippen LogP contribution in [0.3, 0.4) is 0 Å². The number of rotatable bonds is 8. The van der Waals surface area contributed by atoms with E-state index in [1.165, 1.54) is 31.2 Å². The predicted molar refractivity (Wildman–Crippen MR) is 100 cm³/mol. The molecular weight excluding hydrogens is 392 g/mol. The Balaban J connectivity index is 2.16. The van der Waals surface area contributed by atoms with Gasteiger partial charge in [-0.3, -0.25) is 8.57 Å². The Kier molecular flexibility index (Phi) is 6.70. The molecule has 8 nitrogen and oxygen atoms in total. The van der Waals surface area contributed by atoms with E-state index >= 15 is 0 Å². The summed E-state index contributed by atoms with van der Waals surface area (Å²) >= 11 is 0.